The second-order valence-corrected chi connectivity index (χ2v) is 5.69. The molecule has 1 aliphatic carbocycles. The highest BCUT2D eigenvalue weighted by Crippen LogP contribution is 2.41. The Kier molecular flexibility index (Phi) is 3.57. The van der Waals surface area contributed by atoms with Crippen molar-refractivity contribution in [3.8, 4) is 0 Å². The van der Waals surface area contributed by atoms with Crippen molar-refractivity contribution >= 4 is 5.97 Å². The van der Waals surface area contributed by atoms with E-state index in [-0.39, 0.29) is 0 Å². The minimum absolute atomic E-state index is 0.344. The predicted octanol–water partition coefficient (Wildman–Crippen LogP) is 3.31. The molecule has 2 atom stereocenters. The van der Waals surface area contributed by atoms with E-state index in [1.54, 1.807) is 0 Å². The molecule has 0 bridgehead atoms. The molecule has 0 aromatic rings. The summed E-state index contributed by atoms with van der Waals surface area (Å²) in [6, 6.07) is 0. The van der Waals surface area contributed by atoms with Gasteiger partial charge in [0.15, 0.2) is 0 Å². The quantitative estimate of drug-likeness (QED) is 0.739. The summed E-state index contributed by atoms with van der Waals surface area (Å²) >= 11 is 0. The summed E-state index contributed by atoms with van der Waals surface area (Å²) < 4.78 is 0. The fourth-order valence-electron chi connectivity index (χ4n) is 2.51. The molecule has 0 aromatic heterocycles. The zero-order valence-corrected chi connectivity index (χ0v) is 9.55. The lowest BCUT2D eigenvalue weighted by atomic mass is 9.68. The second kappa shape index (κ2) is 4.33. The first-order valence-corrected chi connectivity index (χ1v) is 5.61. The number of rotatable bonds is 2. The standard InChI is InChI=1S/C12H22O2/c1-12(2,3)10-6-4-5-9(7-10)8-11(13)14/h9-10H,4-8H2,1-3H3,(H,13,14)/t9-,10+/m1/s1. The second-order valence-electron chi connectivity index (χ2n) is 5.69. The van der Waals surface area contributed by atoms with Gasteiger partial charge in [-0.25, -0.2) is 0 Å². The number of aliphatic carboxylic acids is 1. The van der Waals surface area contributed by atoms with Crippen LogP contribution in [0.3, 0.4) is 0 Å². The van der Waals surface area contributed by atoms with E-state index in [0.29, 0.717) is 23.7 Å². The van der Waals surface area contributed by atoms with Gasteiger partial charge in [-0.1, -0.05) is 27.2 Å². The van der Waals surface area contributed by atoms with Gasteiger partial charge in [0.05, 0.1) is 0 Å². The highest BCUT2D eigenvalue weighted by molar-refractivity contribution is 5.67. The van der Waals surface area contributed by atoms with Crippen molar-refractivity contribution in [3.63, 3.8) is 0 Å². The van der Waals surface area contributed by atoms with E-state index in [4.69, 9.17) is 5.11 Å². The maximum Gasteiger partial charge on any atom is 0.303 e. The van der Waals surface area contributed by atoms with Crippen LogP contribution in [0.5, 0.6) is 0 Å². The van der Waals surface area contributed by atoms with Crippen molar-refractivity contribution in [2.45, 2.75) is 52.9 Å². The van der Waals surface area contributed by atoms with Crippen LogP contribution >= 0.6 is 0 Å². The summed E-state index contributed by atoms with van der Waals surface area (Å²) in [6.45, 7) is 6.79. The van der Waals surface area contributed by atoms with Crippen molar-refractivity contribution in [2.75, 3.05) is 0 Å². The summed E-state index contributed by atoms with van der Waals surface area (Å²) in [5.74, 6) is 0.496. The van der Waals surface area contributed by atoms with Crippen LogP contribution in [-0.4, -0.2) is 11.1 Å². The lowest BCUT2D eigenvalue weighted by molar-refractivity contribution is -0.138. The largest absolute Gasteiger partial charge is 0.481 e. The molecule has 1 N–H and O–H groups in total. The third kappa shape index (κ3) is 3.32. The SMILES string of the molecule is CC(C)(C)[C@H]1CCC[C@@H](CC(=O)O)C1. The van der Waals surface area contributed by atoms with Crippen molar-refractivity contribution in [1.29, 1.82) is 0 Å². The van der Waals surface area contributed by atoms with Crippen molar-refractivity contribution in [3.05, 3.63) is 0 Å². The summed E-state index contributed by atoms with van der Waals surface area (Å²) in [4.78, 5) is 10.6. The number of carboxylic acid groups (broad SMARTS) is 1. The first kappa shape index (κ1) is 11.5. The average molecular weight is 198 g/mol. The van der Waals surface area contributed by atoms with E-state index >= 15 is 0 Å². The average Bonchev–Trinajstić information content (AvgIpc) is 2.01. The van der Waals surface area contributed by atoms with E-state index in [1.807, 2.05) is 0 Å². The molecular formula is C12H22O2. The molecule has 0 aromatic carbocycles. The Hall–Kier alpha value is -0.530. The monoisotopic (exact) mass is 198 g/mol. The van der Waals surface area contributed by atoms with Crippen molar-refractivity contribution in [1.82, 2.24) is 0 Å². The van der Waals surface area contributed by atoms with E-state index in [2.05, 4.69) is 20.8 Å². The van der Waals surface area contributed by atoms with Crippen molar-refractivity contribution < 1.29 is 9.90 Å². The molecule has 0 saturated heterocycles. The number of carbonyl (C=O) groups is 1. The fourth-order valence-corrected chi connectivity index (χ4v) is 2.51. The van der Waals surface area contributed by atoms with Crippen LogP contribution in [0.4, 0.5) is 0 Å². The van der Waals surface area contributed by atoms with E-state index < -0.39 is 5.97 Å². The Morgan fingerprint density at radius 3 is 2.50 bits per heavy atom. The molecule has 1 saturated carbocycles. The van der Waals surface area contributed by atoms with Gasteiger partial charge in [0.2, 0.25) is 0 Å². The molecule has 82 valence electrons. The maximum atomic E-state index is 10.6. The Bertz CT molecular complexity index is 203. The molecule has 0 heterocycles. The van der Waals surface area contributed by atoms with E-state index in [1.165, 1.54) is 12.8 Å². The van der Waals surface area contributed by atoms with E-state index in [9.17, 15) is 4.79 Å². The molecule has 0 spiro atoms. The lowest BCUT2D eigenvalue weighted by Gasteiger charge is -2.37. The van der Waals surface area contributed by atoms with Gasteiger partial charge in [-0.05, 0) is 36.5 Å². The van der Waals surface area contributed by atoms with Gasteiger partial charge < -0.3 is 5.11 Å². The summed E-state index contributed by atoms with van der Waals surface area (Å²) in [7, 11) is 0. The first-order valence-electron chi connectivity index (χ1n) is 5.61. The van der Waals surface area contributed by atoms with Crippen molar-refractivity contribution in [2.24, 2.45) is 17.3 Å². The number of hydrogen-bond donors (Lipinski definition) is 1. The third-order valence-corrected chi connectivity index (χ3v) is 3.47. The maximum absolute atomic E-state index is 10.6. The zero-order chi connectivity index (χ0) is 10.8. The third-order valence-electron chi connectivity index (χ3n) is 3.47. The van der Waals surface area contributed by atoms with Gasteiger partial charge in [-0.15, -0.1) is 0 Å². The van der Waals surface area contributed by atoms with Crippen LogP contribution in [0.25, 0.3) is 0 Å². The van der Waals surface area contributed by atoms with Crippen LogP contribution in [0.2, 0.25) is 0 Å². The van der Waals surface area contributed by atoms with Crippen LogP contribution in [0, 0.1) is 17.3 Å². The van der Waals surface area contributed by atoms with Crippen LogP contribution in [0.1, 0.15) is 52.9 Å². The fraction of sp³-hybridized carbons (Fsp3) is 0.917. The number of carboxylic acids is 1. The first-order chi connectivity index (χ1) is 6.39. The Balaban J connectivity index is 2.48. The van der Waals surface area contributed by atoms with Gasteiger partial charge in [-0.3, -0.25) is 4.79 Å². The molecule has 0 radical (unpaired) electrons. The molecule has 0 aliphatic heterocycles. The van der Waals surface area contributed by atoms with Crippen LogP contribution in [-0.2, 0) is 4.79 Å². The molecule has 1 rings (SSSR count). The van der Waals surface area contributed by atoms with Gasteiger partial charge in [-0.2, -0.15) is 0 Å². The van der Waals surface area contributed by atoms with Gasteiger partial charge in [0.1, 0.15) is 0 Å². The minimum Gasteiger partial charge on any atom is -0.481 e. The molecule has 1 aliphatic rings. The highest BCUT2D eigenvalue weighted by atomic mass is 16.4. The Labute approximate surface area is 86.7 Å². The Morgan fingerprint density at radius 2 is 2.00 bits per heavy atom. The molecule has 0 unspecified atom stereocenters. The van der Waals surface area contributed by atoms with Gasteiger partial charge in [0.25, 0.3) is 0 Å². The molecule has 14 heavy (non-hydrogen) atoms. The van der Waals surface area contributed by atoms with Gasteiger partial charge >= 0.3 is 5.97 Å². The normalized spacial score (nSPS) is 28.8. The smallest absolute Gasteiger partial charge is 0.303 e. The van der Waals surface area contributed by atoms with Crippen LogP contribution in [0.15, 0.2) is 0 Å². The van der Waals surface area contributed by atoms with Gasteiger partial charge in [0, 0.05) is 6.42 Å². The predicted molar refractivity (Wildman–Crippen MR) is 57.2 cm³/mol. The Morgan fingerprint density at radius 1 is 1.36 bits per heavy atom. The summed E-state index contributed by atoms with van der Waals surface area (Å²) in [5, 5.41) is 8.75. The molecule has 0 amide bonds. The molecule has 2 heteroatoms. The van der Waals surface area contributed by atoms with Crippen LogP contribution < -0.4 is 0 Å². The molecular weight excluding hydrogens is 176 g/mol. The summed E-state index contributed by atoms with van der Waals surface area (Å²) in [5.41, 5.74) is 0.344. The van der Waals surface area contributed by atoms with E-state index in [0.717, 1.165) is 12.8 Å². The molecule has 1 fully saturated rings. The summed E-state index contributed by atoms with van der Waals surface area (Å²) in [6.07, 6.45) is 5.07. The highest BCUT2D eigenvalue weighted by Gasteiger charge is 2.31. The lowest BCUT2D eigenvalue weighted by Crippen LogP contribution is -2.27. The minimum atomic E-state index is -0.635. The zero-order valence-electron chi connectivity index (χ0n) is 9.55. The number of hydrogen-bond acceptors (Lipinski definition) is 1. The molecule has 2 nitrogen and oxygen atoms in total. The topological polar surface area (TPSA) is 37.3 Å².